The Bertz CT molecular complexity index is 690. The third-order valence-corrected chi connectivity index (χ3v) is 4.22. The number of nitrogens with zero attached hydrogens (tertiary/aromatic N) is 6. The van der Waals surface area contributed by atoms with Crippen molar-refractivity contribution in [3.63, 3.8) is 0 Å². The first kappa shape index (κ1) is 15.3. The molecule has 7 nitrogen and oxygen atoms in total. The number of hydrogen-bond donors (Lipinski definition) is 0. The first-order chi connectivity index (χ1) is 11.2. The molecule has 0 atom stereocenters. The summed E-state index contributed by atoms with van der Waals surface area (Å²) in [6.07, 6.45) is 6.17. The van der Waals surface area contributed by atoms with E-state index in [9.17, 15) is 4.79 Å². The zero-order valence-corrected chi connectivity index (χ0v) is 13.4. The van der Waals surface area contributed by atoms with Crippen molar-refractivity contribution < 1.29 is 4.79 Å². The lowest BCUT2D eigenvalue weighted by atomic mass is 10.1. The lowest BCUT2D eigenvalue weighted by Gasteiger charge is -2.21. The van der Waals surface area contributed by atoms with E-state index >= 15 is 0 Å². The van der Waals surface area contributed by atoms with Gasteiger partial charge in [-0.3, -0.25) is 4.79 Å². The fourth-order valence-corrected chi connectivity index (χ4v) is 2.79. The third kappa shape index (κ3) is 3.13. The van der Waals surface area contributed by atoms with Crippen LogP contribution < -0.4 is 4.90 Å². The molecule has 0 unspecified atom stereocenters. The first-order valence-corrected chi connectivity index (χ1v) is 7.80. The van der Waals surface area contributed by atoms with Gasteiger partial charge in [0, 0.05) is 38.7 Å². The van der Waals surface area contributed by atoms with Crippen molar-refractivity contribution in [2.45, 2.75) is 19.8 Å². The first-order valence-electron chi connectivity index (χ1n) is 7.80. The minimum absolute atomic E-state index is 0.00828. The van der Waals surface area contributed by atoms with Crippen molar-refractivity contribution in [2.24, 2.45) is 0 Å². The predicted molar refractivity (Wildman–Crippen MR) is 86.3 cm³/mol. The van der Waals surface area contributed by atoms with Crippen LogP contribution in [0.3, 0.4) is 0 Å². The Hall–Kier alpha value is -2.57. The van der Waals surface area contributed by atoms with Crippen molar-refractivity contribution in [3.8, 4) is 0 Å². The van der Waals surface area contributed by atoms with Gasteiger partial charge in [-0.15, -0.1) is 0 Å². The average Bonchev–Trinajstić information content (AvgIpc) is 2.83. The third-order valence-electron chi connectivity index (χ3n) is 4.22. The van der Waals surface area contributed by atoms with E-state index in [-0.39, 0.29) is 5.91 Å². The van der Waals surface area contributed by atoms with E-state index in [1.807, 2.05) is 11.9 Å². The van der Waals surface area contributed by atoms with Crippen LogP contribution in [0.4, 0.5) is 5.82 Å². The average molecular weight is 312 g/mol. The van der Waals surface area contributed by atoms with E-state index in [0.29, 0.717) is 18.7 Å². The number of carbonyl (C=O) groups excluding carboxylic acids is 1. The van der Waals surface area contributed by atoms with Crippen LogP contribution in [0.25, 0.3) is 0 Å². The number of fused-ring (bicyclic) bond motifs is 1. The Labute approximate surface area is 135 Å². The fraction of sp³-hybridized carbons (Fsp3) is 0.438. The standard InChI is InChI=1S/C16H20N6O/c1-3-21(2)15-13-5-8-22(9-6-14(13)17-11-18-15)16(23)12-4-7-19-20-10-12/h4,7,10-11H,3,5-6,8-9H2,1-2H3. The maximum Gasteiger partial charge on any atom is 0.255 e. The van der Waals surface area contributed by atoms with E-state index in [1.165, 1.54) is 6.20 Å². The molecule has 0 saturated carbocycles. The molecule has 0 radical (unpaired) electrons. The minimum atomic E-state index is -0.00828. The molecule has 0 N–H and O–H groups in total. The van der Waals surface area contributed by atoms with Crippen molar-refractivity contribution in [2.75, 3.05) is 31.6 Å². The maximum atomic E-state index is 12.6. The molecule has 0 aliphatic carbocycles. The van der Waals surface area contributed by atoms with Crippen LogP contribution in [0, 0.1) is 0 Å². The quantitative estimate of drug-likeness (QED) is 0.840. The van der Waals surface area contributed by atoms with Gasteiger partial charge in [-0.2, -0.15) is 10.2 Å². The molecule has 0 bridgehead atoms. The normalized spacial score (nSPS) is 14.1. The van der Waals surface area contributed by atoms with Gasteiger partial charge in [0.05, 0.1) is 23.7 Å². The summed E-state index contributed by atoms with van der Waals surface area (Å²) in [4.78, 5) is 25.4. The lowest BCUT2D eigenvalue weighted by molar-refractivity contribution is 0.0762. The van der Waals surface area contributed by atoms with E-state index in [2.05, 4.69) is 32.0 Å². The maximum absolute atomic E-state index is 12.6. The molecule has 1 amide bonds. The molecule has 1 aliphatic rings. The molecule has 0 aromatic carbocycles. The summed E-state index contributed by atoms with van der Waals surface area (Å²) in [5, 5.41) is 7.51. The molecule has 0 fully saturated rings. The Balaban J connectivity index is 1.82. The van der Waals surface area contributed by atoms with Gasteiger partial charge < -0.3 is 9.80 Å². The van der Waals surface area contributed by atoms with Gasteiger partial charge >= 0.3 is 0 Å². The fourth-order valence-electron chi connectivity index (χ4n) is 2.79. The molecular formula is C16H20N6O. The highest BCUT2D eigenvalue weighted by atomic mass is 16.2. The molecule has 1 aliphatic heterocycles. The Morgan fingerprint density at radius 3 is 2.83 bits per heavy atom. The lowest BCUT2D eigenvalue weighted by Crippen LogP contribution is -2.33. The van der Waals surface area contributed by atoms with Crippen molar-refractivity contribution in [1.82, 2.24) is 25.1 Å². The SMILES string of the molecule is CCN(C)c1ncnc2c1CCN(C(=O)c1ccnnc1)CC2. The van der Waals surface area contributed by atoms with Gasteiger partial charge in [-0.1, -0.05) is 0 Å². The molecule has 0 spiro atoms. The van der Waals surface area contributed by atoms with Crippen LogP contribution in [-0.2, 0) is 12.8 Å². The summed E-state index contributed by atoms with van der Waals surface area (Å²) in [5.74, 6) is 0.962. The van der Waals surface area contributed by atoms with Crippen LogP contribution in [0.2, 0.25) is 0 Å². The molecule has 23 heavy (non-hydrogen) atoms. The molecule has 2 aromatic heterocycles. The molecule has 0 saturated heterocycles. The van der Waals surface area contributed by atoms with Crippen LogP contribution in [-0.4, -0.2) is 57.7 Å². The van der Waals surface area contributed by atoms with Crippen LogP contribution in [0.1, 0.15) is 28.5 Å². The topological polar surface area (TPSA) is 75.1 Å². The molecule has 120 valence electrons. The zero-order valence-electron chi connectivity index (χ0n) is 13.4. The van der Waals surface area contributed by atoms with Crippen LogP contribution in [0.5, 0.6) is 0 Å². The predicted octanol–water partition coefficient (Wildman–Crippen LogP) is 0.964. The second kappa shape index (κ2) is 6.68. The summed E-state index contributed by atoms with van der Waals surface area (Å²) in [5.41, 5.74) is 2.77. The smallest absolute Gasteiger partial charge is 0.255 e. The second-order valence-corrected chi connectivity index (χ2v) is 5.56. The number of anilines is 1. The summed E-state index contributed by atoms with van der Waals surface area (Å²) in [6, 6.07) is 1.70. The van der Waals surface area contributed by atoms with Crippen molar-refractivity contribution in [3.05, 3.63) is 41.6 Å². The minimum Gasteiger partial charge on any atom is -0.360 e. The van der Waals surface area contributed by atoms with Gasteiger partial charge in [-0.25, -0.2) is 9.97 Å². The van der Waals surface area contributed by atoms with Gasteiger partial charge in [0.25, 0.3) is 5.91 Å². The molecule has 3 rings (SSSR count). The number of carbonyl (C=O) groups is 1. The van der Waals surface area contributed by atoms with Crippen LogP contribution >= 0.6 is 0 Å². The number of amides is 1. The highest BCUT2D eigenvalue weighted by Crippen LogP contribution is 2.23. The monoisotopic (exact) mass is 312 g/mol. The summed E-state index contributed by atoms with van der Waals surface area (Å²) >= 11 is 0. The van der Waals surface area contributed by atoms with E-state index in [0.717, 1.165) is 36.5 Å². The Morgan fingerprint density at radius 2 is 2.09 bits per heavy atom. The number of hydrogen-bond acceptors (Lipinski definition) is 6. The van der Waals surface area contributed by atoms with Gasteiger partial charge in [0.15, 0.2) is 0 Å². The van der Waals surface area contributed by atoms with Gasteiger partial charge in [-0.05, 0) is 19.4 Å². The summed E-state index contributed by atoms with van der Waals surface area (Å²) in [7, 11) is 2.03. The number of aromatic nitrogens is 4. The molecular weight excluding hydrogens is 292 g/mol. The Morgan fingerprint density at radius 1 is 1.26 bits per heavy atom. The largest absolute Gasteiger partial charge is 0.360 e. The summed E-state index contributed by atoms with van der Waals surface area (Å²) < 4.78 is 0. The van der Waals surface area contributed by atoms with E-state index in [1.54, 1.807) is 18.6 Å². The van der Waals surface area contributed by atoms with Gasteiger partial charge in [0.2, 0.25) is 0 Å². The second-order valence-electron chi connectivity index (χ2n) is 5.56. The highest BCUT2D eigenvalue weighted by molar-refractivity contribution is 5.93. The summed E-state index contributed by atoms with van der Waals surface area (Å²) in [6.45, 7) is 4.29. The molecule has 2 aromatic rings. The molecule has 3 heterocycles. The highest BCUT2D eigenvalue weighted by Gasteiger charge is 2.23. The van der Waals surface area contributed by atoms with Crippen molar-refractivity contribution in [1.29, 1.82) is 0 Å². The number of rotatable bonds is 3. The zero-order chi connectivity index (χ0) is 16.2. The molecule has 7 heteroatoms. The van der Waals surface area contributed by atoms with E-state index < -0.39 is 0 Å². The van der Waals surface area contributed by atoms with Gasteiger partial charge in [0.1, 0.15) is 12.1 Å². The Kier molecular flexibility index (Phi) is 4.45. The van der Waals surface area contributed by atoms with Crippen LogP contribution in [0.15, 0.2) is 24.8 Å². The van der Waals surface area contributed by atoms with Crippen molar-refractivity contribution >= 4 is 11.7 Å². The van der Waals surface area contributed by atoms with E-state index in [4.69, 9.17) is 0 Å².